The smallest absolute Gasteiger partial charge is 0.316 e. The number of carbonyl (C=O) groups excluding carboxylic acids is 1. The zero-order chi connectivity index (χ0) is 13.4. The molecule has 5 nitrogen and oxygen atoms in total. The number of carbonyl (C=O) groups is 2. The third-order valence-electron chi connectivity index (χ3n) is 3.72. The van der Waals surface area contributed by atoms with Crippen molar-refractivity contribution in [3.63, 3.8) is 0 Å². The van der Waals surface area contributed by atoms with Gasteiger partial charge in [0.2, 0.25) is 0 Å². The van der Waals surface area contributed by atoms with E-state index in [-0.39, 0.29) is 24.5 Å². The minimum Gasteiger partial charge on any atom is -0.481 e. The van der Waals surface area contributed by atoms with Gasteiger partial charge in [-0.1, -0.05) is 6.92 Å². The quantitative estimate of drug-likeness (QED) is 0.705. The molecule has 0 aromatic carbocycles. The Kier molecular flexibility index (Phi) is 3.38. The lowest BCUT2D eigenvalue weighted by Crippen LogP contribution is -2.49. The summed E-state index contributed by atoms with van der Waals surface area (Å²) in [6, 6.07) is 0. The molecule has 0 radical (unpaired) electrons. The summed E-state index contributed by atoms with van der Waals surface area (Å²) in [5, 5.41) is 11.9. The normalized spacial score (nSPS) is 36.1. The number of alkyl halides is 1. The van der Waals surface area contributed by atoms with Gasteiger partial charge in [0, 0.05) is 37.3 Å². The van der Waals surface area contributed by atoms with Crippen LogP contribution in [0, 0.1) is 11.8 Å². The number of nitrogens with one attached hydrogen (secondary N) is 1. The van der Waals surface area contributed by atoms with Crippen molar-refractivity contribution < 1.29 is 23.8 Å². The van der Waals surface area contributed by atoms with E-state index < -0.39 is 29.9 Å². The van der Waals surface area contributed by atoms with Crippen LogP contribution in [0.2, 0.25) is 0 Å². The van der Waals surface area contributed by atoms with Crippen LogP contribution >= 0.6 is 0 Å². The van der Waals surface area contributed by atoms with Gasteiger partial charge >= 0.3 is 5.97 Å². The predicted octanol–water partition coefficient (Wildman–Crippen LogP) is 0.506. The molecule has 1 aliphatic heterocycles. The summed E-state index contributed by atoms with van der Waals surface area (Å²) in [6.07, 6.45) is -1.74. The fourth-order valence-electron chi connectivity index (χ4n) is 2.60. The highest BCUT2D eigenvalue weighted by molar-refractivity contribution is 6.09. The first-order valence-electron chi connectivity index (χ1n) is 5.88. The van der Waals surface area contributed by atoms with E-state index in [0.29, 0.717) is 5.70 Å². The molecular formula is C12H16FNO4. The van der Waals surface area contributed by atoms with Crippen LogP contribution in [-0.4, -0.2) is 42.8 Å². The molecule has 0 bridgehead atoms. The average Bonchev–Trinajstić information content (AvgIpc) is 2.32. The highest BCUT2D eigenvalue weighted by atomic mass is 19.1. The molecule has 6 heteroatoms. The number of hydrogen-bond donors (Lipinski definition) is 2. The maximum absolute atomic E-state index is 13.8. The van der Waals surface area contributed by atoms with E-state index in [2.05, 4.69) is 5.32 Å². The van der Waals surface area contributed by atoms with Crippen LogP contribution in [0.3, 0.4) is 0 Å². The molecule has 1 aliphatic carbocycles. The van der Waals surface area contributed by atoms with Crippen LogP contribution in [0.4, 0.5) is 4.39 Å². The number of carboxylic acids is 1. The molecule has 1 heterocycles. The Balaban J connectivity index is 2.37. The minimum atomic E-state index is -1.19. The zero-order valence-electron chi connectivity index (χ0n) is 10.3. The molecule has 0 fully saturated rings. The Labute approximate surface area is 104 Å². The van der Waals surface area contributed by atoms with Crippen molar-refractivity contribution in [3.8, 4) is 0 Å². The maximum atomic E-state index is 13.8. The van der Waals surface area contributed by atoms with Gasteiger partial charge in [-0.25, -0.2) is 4.39 Å². The lowest BCUT2D eigenvalue weighted by atomic mass is 9.78. The van der Waals surface area contributed by atoms with Crippen molar-refractivity contribution in [1.82, 2.24) is 5.32 Å². The number of hydrogen-bond acceptors (Lipinski definition) is 4. The fourth-order valence-corrected chi connectivity index (χ4v) is 2.60. The summed E-state index contributed by atoms with van der Waals surface area (Å²) < 4.78 is 19.1. The van der Waals surface area contributed by atoms with Crippen LogP contribution < -0.4 is 5.32 Å². The fraction of sp³-hybridized carbons (Fsp3) is 0.667. The average molecular weight is 257 g/mol. The van der Waals surface area contributed by atoms with Crippen molar-refractivity contribution in [2.75, 3.05) is 13.7 Å². The number of carboxylic acid groups (broad SMARTS) is 1. The Morgan fingerprint density at radius 2 is 2.22 bits per heavy atom. The van der Waals surface area contributed by atoms with Gasteiger partial charge in [0.05, 0.1) is 0 Å². The molecule has 18 heavy (non-hydrogen) atoms. The third-order valence-corrected chi connectivity index (χ3v) is 3.72. The molecule has 0 aromatic rings. The minimum absolute atomic E-state index is 0.0357. The largest absolute Gasteiger partial charge is 0.481 e. The van der Waals surface area contributed by atoms with E-state index in [0.717, 1.165) is 0 Å². The number of methoxy groups -OCH3 is 1. The van der Waals surface area contributed by atoms with Gasteiger partial charge in [0.1, 0.15) is 18.2 Å². The van der Waals surface area contributed by atoms with Crippen molar-refractivity contribution in [2.45, 2.75) is 25.6 Å². The number of rotatable bonds is 2. The topological polar surface area (TPSA) is 75.6 Å². The van der Waals surface area contributed by atoms with E-state index in [1.807, 2.05) is 0 Å². The number of allylic oxidation sites excluding steroid dienone is 1. The lowest BCUT2D eigenvalue weighted by Gasteiger charge is -2.38. The number of aliphatic carboxylic acids is 1. The molecule has 2 aliphatic rings. The molecule has 4 unspecified atom stereocenters. The van der Waals surface area contributed by atoms with Gasteiger partial charge in [0.15, 0.2) is 5.78 Å². The number of ether oxygens (including phenoxy) is 1. The van der Waals surface area contributed by atoms with Crippen molar-refractivity contribution in [3.05, 3.63) is 11.3 Å². The molecule has 2 N–H and O–H groups in total. The standard InChI is InChI=1S/C12H16FNO4/c1-5-8(13)3-6-9(11(5)18-2)14-4-7(10(6)15)12(16)17/h5,7-8,11,14H,3-4H2,1-2H3,(H,16,17). The number of halogens is 1. The molecule has 4 atom stereocenters. The van der Waals surface area contributed by atoms with Gasteiger partial charge < -0.3 is 15.2 Å². The Morgan fingerprint density at radius 1 is 1.56 bits per heavy atom. The molecule has 0 saturated heterocycles. The first kappa shape index (κ1) is 13.0. The second kappa shape index (κ2) is 4.68. The molecular weight excluding hydrogens is 241 g/mol. The SMILES string of the molecule is COC1C2=C(CC(F)C1C)C(=O)C(C(=O)O)CN2. The molecule has 0 spiro atoms. The summed E-state index contributed by atoms with van der Waals surface area (Å²) >= 11 is 0. The van der Waals surface area contributed by atoms with Crippen molar-refractivity contribution in [2.24, 2.45) is 11.8 Å². The molecule has 0 aromatic heterocycles. The third kappa shape index (κ3) is 1.90. The van der Waals surface area contributed by atoms with E-state index in [4.69, 9.17) is 9.84 Å². The highest BCUT2D eigenvalue weighted by Gasteiger charge is 2.44. The second-order valence-electron chi connectivity index (χ2n) is 4.76. The van der Waals surface area contributed by atoms with E-state index in [9.17, 15) is 14.0 Å². The van der Waals surface area contributed by atoms with E-state index in [1.54, 1.807) is 6.92 Å². The molecule has 100 valence electrons. The Morgan fingerprint density at radius 3 is 2.78 bits per heavy atom. The Hall–Kier alpha value is -1.43. The zero-order valence-corrected chi connectivity index (χ0v) is 10.3. The van der Waals surface area contributed by atoms with Crippen LogP contribution in [0.5, 0.6) is 0 Å². The maximum Gasteiger partial charge on any atom is 0.316 e. The van der Waals surface area contributed by atoms with Crippen LogP contribution in [0.15, 0.2) is 11.3 Å². The van der Waals surface area contributed by atoms with Crippen LogP contribution in [0.1, 0.15) is 13.3 Å². The van der Waals surface area contributed by atoms with E-state index >= 15 is 0 Å². The van der Waals surface area contributed by atoms with Gasteiger partial charge in [0.25, 0.3) is 0 Å². The summed E-state index contributed by atoms with van der Waals surface area (Å²) in [4.78, 5) is 22.9. The predicted molar refractivity (Wildman–Crippen MR) is 60.6 cm³/mol. The van der Waals surface area contributed by atoms with Gasteiger partial charge in [-0.05, 0) is 0 Å². The van der Waals surface area contributed by atoms with Crippen LogP contribution in [0.25, 0.3) is 0 Å². The van der Waals surface area contributed by atoms with Crippen LogP contribution in [-0.2, 0) is 14.3 Å². The molecule has 0 amide bonds. The van der Waals surface area contributed by atoms with E-state index in [1.165, 1.54) is 7.11 Å². The number of Topliss-reactive ketones (excluding diaryl/α,β-unsaturated/α-hetero) is 1. The monoisotopic (exact) mass is 257 g/mol. The first-order valence-corrected chi connectivity index (χ1v) is 5.88. The summed E-state index contributed by atoms with van der Waals surface area (Å²) in [6.45, 7) is 1.76. The second-order valence-corrected chi connectivity index (χ2v) is 4.76. The Bertz CT molecular complexity index is 420. The summed E-state index contributed by atoms with van der Waals surface area (Å²) in [5.41, 5.74) is 0.799. The van der Waals surface area contributed by atoms with Crippen molar-refractivity contribution in [1.29, 1.82) is 0 Å². The summed E-state index contributed by atoms with van der Waals surface area (Å²) in [7, 11) is 1.46. The van der Waals surface area contributed by atoms with Gasteiger partial charge in [-0.2, -0.15) is 0 Å². The number of ketones is 1. The van der Waals surface area contributed by atoms with Crippen molar-refractivity contribution >= 4 is 11.8 Å². The molecule has 2 rings (SSSR count). The van der Waals surface area contributed by atoms with Gasteiger partial charge in [-0.3, -0.25) is 9.59 Å². The highest BCUT2D eigenvalue weighted by Crippen LogP contribution is 2.35. The summed E-state index contributed by atoms with van der Waals surface area (Å²) in [5.74, 6) is -3.15. The van der Waals surface area contributed by atoms with Gasteiger partial charge in [-0.15, -0.1) is 0 Å². The molecule has 0 saturated carbocycles. The lowest BCUT2D eigenvalue weighted by molar-refractivity contribution is -0.145. The first-order chi connectivity index (χ1) is 8.47.